The smallest absolute Gasteiger partial charge is 0.191 e. The summed E-state index contributed by atoms with van der Waals surface area (Å²) in [7, 11) is 1.66. The quantitative estimate of drug-likeness (QED) is 0.312. The molecule has 2 atom stereocenters. The van der Waals surface area contributed by atoms with E-state index in [2.05, 4.69) is 20.6 Å². The Morgan fingerprint density at radius 1 is 1.40 bits per heavy atom. The molecule has 0 saturated carbocycles. The minimum atomic E-state index is -0.293. The lowest BCUT2D eigenvalue weighted by Crippen LogP contribution is -2.45. The normalized spacial score (nSPS) is 17.4. The van der Waals surface area contributed by atoms with E-state index in [1.807, 2.05) is 36.1 Å². The lowest BCUT2D eigenvalue weighted by Gasteiger charge is -2.20. The molecule has 2 unspecified atom stereocenters. The molecule has 1 aliphatic heterocycles. The topological polar surface area (TPSA) is 61.8 Å². The number of aromatic nitrogens is 1. The summed E-state index contributed by atoms with van der Waals surface area (Å²) in [6.07, 6.45) is 2.31. The van der Waals surface area contributed by atoms with Crippen LogP contribution in [0.1, 0.15) is 25.0 Å². The van der Waals surface area contributed by atoms with Crippen molar-refractivity contribution in [1.82, 2.24) is 15.6 Å². The maximum Gasteiger partial charge on any atom is 0.191 e. The second-order valence-electron chi connectivity index (χ2n) is 6.88. The van der Waals surface area contributed by atoms with Crippen LogP contribution in [0.25, 0.3) is 0 Å². The molecule has 1 aliphatic rings. The minimum absolute atomic E-state index is 0. The molecule has 0 bridgehead atoms. The third-order valence-electron chi connectivity index (χ3n) is 4.83. The molecule has 6 nitrogen and oxygen atoms in total. The summed E-state index contributed by atoms with van der Waals surface area (Å²) in [6.45, 7) is 4.63. The fourth-order valence-corrected chi connectivity index (χ4v) is 3.59. The second kappa shape index (κ2) is 12.3. The van der Waals surface area contributed by atoms with Gasteiger partial charge in [-0.05, 0) is 43.2 Å². The number of nitrogens with one attached hydrogen (secondary N) is 2. The van der Waals surface area contributed by atoms with E-state index in [4.69, 9.17) is 16.3 Å². The molecule has 0 radical (unpaired) electrons. The van der Waals surface area contributed by atoms with Crippen LogP contribution in [0.4, 0.5) is 10.2 Å². The van der Waals surface area contributed by atoms with E-state index >= 15 is 0 Å². The molecule has 1 aromatic heterocycles. The van der Waals surface area contributed by atoms with Crippen LogP contribution in [0.2, 0.25) is 5.02 Å². The van der Waals surface area contributed by atoms with Crippen LogP contribution >= 0.6 is 35.6 Å². The highest BCUT2D eigenvalue weighted by atomic mass is 127. The molecule has 3 rings (SSSR count). The molecular formula is C21H28ClFIN5O. The average molecular weight is 548 g/mol. The molecule has 0 aliphatic carbocycles. The molecule has 1 aromatic carbocycles. The fraction of sp³-hybridized carbons (Fsp3) is 0.429. The number of hydrogen-bond donors (Lipinski definition) is 2. The highest BCUT2D eigenvalue weighted by molar-refractivity contribution is 14.0. The Kier molecular flexibility index (Phi) is 10.1. The number of methoxy groups -OCH3 is 1. The van der Waals surface area contributed by atoms with Crippen molar-refractivity contribution in [2.45, 2.75) is 25.5 Å². The first-order valence-electron chi connectivity index (χ1n) is 9.79. The van der Waals surface area contributed by atoms with Crippen molar-refractivity contribution in [2.75, 3.05) is 38.2 Å². The highest BCUT2D eigenvalue weighted by Gasteiger charge is 2.26. The van der Waals surface area contributed by atoms with Gasteiger partial charge in [-0.25, -0.2) is 9.37 Å². The summed E-state index contributed by atoms with van der Waals surface area (Å²) in [4.78, 5) is 10.8. The molecule has 30 heavy (non-hydrogen) atoms. The van der Waals surface area contributed by atoms with Crippen molar-refractivity contribution in [3.8, 4) is 0 Å². The first-order chi connectivity index (χ1) is 14.1. The Balaban J connectivity index is 0.00000320. The van der Waals surface area contributed by atoms with Crippen molar-refractivity contribution in [3.63, 3.8) is 0 Å². The van der Waals surface area contributed by atoms with Gasteiger partial charge in [-0.2, -0.15) is 0 Å². The number of nitrogens with zero attached hydrogens (tertiary/aromatic N) is 3. The molecule has 2 aromatic rings. The molecular weight excluding hydrogens is 520 g/mol. The predicted octanol–water partition coefficient (Wildman–Crippen LogP) is 4.01. The van der Waals surface area contributed by atoms with E-state index in [9.17, 15) is 4.39 Å². The number of halogens is 3. The number of ether oxygens (including phenoxy) is 1. The number of anilines is 1. The molecule has 2 heterocycles. The van der Waals surface area contributed by atoms with E-state index in [0.717, 1.165) is 25.1 Å². The minimum Gasteiger partial charge on any atom is -0.375 e. The second-order valence-corrected chi connectivity index (χ2v) is 7.32. The van der Waals surface area contributed by atoms with E-state index in [1.165, 1.54) is 6.07 Å². The van der Waals surface area contributed by atoms with Gasteiger partial charge in [-0.3, -0.25) is 4.99 Å². The molecule has 1 saturated heterocycles. The van der Waals surface area contributed by atoms with E-state index in [1.54, 1.807) is 19.4 Å². The maximum atomic E-state index is 14.0. The van der Waals surface area contributed by atoms with Gasteiger partial charge in [0.2, 0.25) is 0 Å². The lowest BCUT2D eigenvalue weighted by atomic mass is 10.1. The van der Waals surface area contributed by atoms with Crippen LogP contribution in [-0.2, 0) is 4.74 Å². The third-order valence-corrected chi connectivity index (χ3v) is 5.07. The van der Waals surface area contributed by atoms with Crippen molar-refractivity contribution >= 4 is 47.4 Å². The van der Waals surface area contributed by atoms with Gasteiger partial charge in [0.1, 0.15) is 6.10 Å². The fourth-order valence-electron chi connectivity index (χ4n) is 3.39. The van der Waals surface area contributed by atoms with Crippen LogP contribution < -0.4 is 15.5 Å². The van der Waals surface area contributed by atoms with E-state index in [0.29, 0.717) is 29.9 Å². The van der Waals surface area contributed by atoms with Gasteiger partial charge in [-0.15, -0.1) is 24.0 Å². The van der Waals surface area contributed by atoms with Gasteiger partial charge >= 0.3 is 0 Å². The largest absolute Gasteiger partial charge is 0.375 e. The summed E-state index contributed by atoms with van der Waals surface area (Å²) in [5, 5.41) is 7.38. The molecule has 1 fully saturated rings. The van der Waals surface area contributed by atoms with Crippen LogP contribution in [0, 0.1) is 5.82 Å². The van der Waals surface area contributed by atoms with Gasteiger partial charge in [0, 0.05) is 44.0 Å². The van der Waals surface area contributed by atoms with E-state index < -0.39 is 0 Å². The Labute approximate surface area is 199 Å². The Morgan fingerprint density at radius 3 is 2.93 bits per heavy atom. The van der Waals surface area contributed by atoms with Crippen molar-refractivity contribution in [1.29, 1.82) is 0 Å². The summed E-state index contributed by atoms with van der Waals surface area (Å²) < 4.78 is 19.6. The number of aliphatic imine (C=N–C) groups is 1. The summed E-state index contributed by atoms with van der Waals surface area (Å²) in [6, 6.07) is 10.8. The number of pyridine rings is 1. The number of rotatable bonds is 7. The summed E-state index contributed by atoms with van der Waals surface area (Å²) in [5.41, 5.74) is 0.984. The maximum absolute atomic E-state index is 14.0. The number of benzene rings is 1. The summed E-state index contributed by atoms with van der Waals surface area (Å²) >= 11 is 6.09. The standard InChI is InChI=1S/C21H27ClFN5O.HI/c1-3-24-21(26-13-19(29-2)15-6-4-7-16(22)12-15)27-17-9-11-28(14-17)20-18(23)8-5-10-25-20;/h4-8,10,12,17,19H,3,9,11,13-14H2,1-2H3,(H2,24,26,27);1H. The third kappa shape index (κ3) is 6.68. The molecule has 2 N–H and O–H groups in total. The first kappa shape index (κ1) is 24.6. The van der Waals surface area contributed by atoms with Crippen LogP contribution in [0.3, 0.4) is 0 Å². The van der Waals surface area contributed by atoms with E-state index in [-0.39, 0.29) is 41.9 Å². The molecule has 9 heteroatoms. The van der Waals surface area contributed by atoms with Crippen LogP contribution in [0.15, 0.2) is 47.6 Å². The number of hydrogen-bond acceptors (Lipinski definition) is 4. The van der Waals surface area contributed by atoms with Crippen LogP contribution in [-0.4, -0.2) is 50.3 Å². The predicted molar refractivity (Wildman–Crippen MR) is 131 cm³/mol. The summed E-state index contributed by atoms with van der Waals surface area (Å²) in [5.74, 6) is 0.822. The zero-order chi connectivity index (χ0) is 20.6. The monoisotopic (exact) mass is 547 g/mol. The Bertz CT molecular complexity index is 841. The lowest BCUT2D eigenvalue weighted by molar-refractivity contribution is 0.111. The highest BCUT2D eigenvalue weighted by Crippen LogP contribution is 2.22. The van der Waals surface area contributed by atoms with Gasteiger partial charge in [0.25, 0.3) is 0 Å². The Morgan fingerprint density at radius 2 is 2.23 bits per heavy atom. The van der Waals surface area contributed by atoms with Gasteiger partial charge in [0.15, 0.2) is 17.6 Å². The van der Waals surface area contributed by atoms with Gasteiger partial charge < -0.3 is 20.3 Å². The molecule has 0 spiro atoms. The van der Waals surface area contributed by atoms with Gasteiger partial charge in [-0.1, -0.05) is 23.7 Å². The molecule has 0 amide bonds. The average Bonchev–Trinajstić information content (AvgIpc) is 3.17. The number of guanidine groups is 1. The first-order valence-corrected chi connectivity index (χ1v) is 10.2. The SMILES string of the molecule is CCNC(=NCC(OC)c1cccc(Cl)c1)NC1CCN(c2ncccc2F)C1.I. The van der Waals surface area contributed by atoms with Crippen molar-refractivity contribution < 1.29 is 9.13 Å². The van der Waals surface area contributed by atoms with Crippen molar-refractivity contribution in [2.24, 2.45) is 4.99 Å². The van der Waals surface area contributed by atoms with Gasteiger partial charge in [0.05, 0.1) is 6.54 Å². The zero-order valence-electron chi connectivity index (χ0n) is 17.1. The zero-order valence-corrected chi connectivity index (χ0v) is 20.2. The Hall–Kier alpha value is -1.65. The van der Waals surface area contributed by atoms with Crippen LogP contribution in [0.5, 0.6) is 0 Å². The van der Waals surface area contributed by atoms with Crippen molar-refractivity contribution in [3.05, 3.63) is 59.0 Å². The molecule has 164 valence electrons.